The van der Waals surface area contributed by atoms with E-state index in [4.69, 9.17) is 8.83 Å². The first-order valence-corrected chi connectivity index (χ1v) is 16.2. The number of hydrogen-bond donors (Lipinski definition) is 4. The van der Waals surface area contributed by atoms with Crippen molar-refractivity contribution in [3.05, 3.63) is 107 Å². The number of rotatable bonds is 5. The molecule has 6 rings (SSSR count). The van der Waals surface area contributed by atoms with Gasteiger partial charge in [0.15, 0.2) is 11.4 Å². The quantitative estimate of drug-likeness (QED) is 0.210. The Morgan fingerprint density at radius 3 is 2.46 bits per heavy atom. The molecule has 3 atom stereocenters. The second-order valence-electron chi connectivity index (χ2n) is 12.5. The first-order valence-electron chi connectivity index (χ1n) is 16.2. The fourth-order valence-electron chi connectivity index (χ4n) is 5.64. The summed E-state index contributed by atoms with van der Waals surface area (Å²) in [4.78, 5) is 69.3. The van der Waals surface area contributed by atoms with Gasteiger partial charge in [0, 0.05) is 12.7 Å². The molecule has 15 heteroatoms. The Hall–Kier alpha value is -6.12. The zero-order valence-corrected chi connectivity index (χ0v) is 28.0. The maximum atomic E-state index is 14.2. The largest absolute Gasteiger partial charge is 0.446 e. The molecule has 15 nitrogen and oxygen atoms in total. The summed E-state index contributed by atoms with van der Waals surface area (Å²) < 4.78 is 11.5. The van der Waals surface area contributed by atoms with Crippen molar-refractivity contribution in [3.63, 3.8) is 0 Å². The van der Waals surface area contributed by atoms with Gasteiger partial charge >= 0.3 is 0 Å². The number of nitrogens with zero attached hydrogens (tertiary/aromatic N) is 5. The lowest BCUT2D eigenvalue weighted by Crippen LogP contribution is -2.46. The molecule has 5 aromatic rings. The number of aromatic nitrogens is 5. The maximum Gasteiger partial charge on any atom is 0.274 e. The van der Waals surface area contributed by atoms with Crippen molar-refractivity contribution >= 4 is 23.6 Å². The summed E-state index contributed by atoms with van der Waals surface area (Å²) in [5.41, 5.74) is 1.79. The number of oxazole rings is 2. The zero-order valence-electron chi connectivity index (χ0n) is 28.0. The van der Waals surface area contributed by atoms with Crippen molar-refractivity contribution in [1.82, 2.24) is 46.0 Å². The lowest BCUT2D eigenvalue weighted by Gasteiger charge is -2.28. The van der Waals surface area contributed by atoms with E-state index < -0.39 is 48.3 Å². The summed E-state index contributed by atoms with van der Waals surface area (Å²) in [6.45, 7) is 6.70. The van der Waals surface area contributed by atoms with Crippen LogP contribution in [0.5, 0.6) is 0 Å². The van der Waals surface area contributed by atoms with Crippen LogP contribution in [0.2, 0.25) is 0 Å². The van der Waals surface area contributed by atoms with Gasteiger partial charge in [0.25, 0.3) is 17.7 Å². The predicted molar refractivity (Wildman–Crippen MR) is 178 cm³/mol. The van der Waals surface area contributed by atoms with Crippen molar-refractivity contribution in [1.29, 1.82) is 0 Å². The second-order valence-corrected chi connectivity index (χ2v) is 12.5. The van der Waals surface area contributed by atoms with E-state index in [9.17, 15) is 19.2 Å². The van der Waals surface area contributed by atoms with Crippen LogP contribution >= 0.6 is 0 Å². The molecule has 0 fully saturated rings. The Kier molecular flexibility index (Phi) is 9.83. The van der Waals surface area contributed by atoms with Gasteiger partial charge in [0.2, 0.25) is 17.7 Å². The number of aromatic amines is 1. The van der Waals surface area contributed by atoms with E-state index in [1.54, 1.807) is 38.2 Å². The Morgan fingerprint density at radius 2 is 1.72 bits per heavy atom. The number of fused-ring (bicyclic) bond motifs is 4. The lowest BCUT2D eigenvalue weighted by molar-refractivity contribution is -0.122. The molecule has 0 saturated heterocycles. The van der Waals surface area contributed by atoms with Crippen LogP contribution < -0.4 is 16.0 Å². The number of carbonyl (C=O) groups is 4. The lowest BCUT2D eigenvalue weighted by atomic mass is 10.0. The van der Waals surface area contributed by atoms with Crippen LogP contribution in [-0.2, 0) is 4.79 Å². The molecule has 0 aliphatic carbocycles. The van der Waals surface area contributed by atoms with Crippen LogP contribution in [-0.4, -0.2) is 66.8 Å². The van der Waals surface area contributed by atoms with Crippen molar-refractivity contribution in [2.45, 2.75) is 52.2 Å². The number of pyridine rings is 1. The van der Waals surface area contributed by atoms with E-state index in [2.05, 4.69) is 41.1 Å². The summed E-state index contributed by atoms with van der Waals surface area (Å²) >= 11 is 0. The first-order chi connectivity index (χ1) is 24.0. The molecule has 4 amide bonds. The van der Waals surface area contributed by atoms with Gasteiger partial charge in [-0.2, -0.15) is 5.10 Å². The number of nitrogens with one attached hydrogen (secondary N) is 4. The normalized spacial score (nSPS) is 18.9. The minimum Gasteiger partial charge on any atom is -0.446 e. The summed E-state index contributed by atoms with van der Waals surface area (Å²) in [5.74, 6) is -1.58. The molecule has 5 heterocycles. The van der Waals surface area contributed by atoms with E-state index in [1.165, 1.54) is 11.2 Å². The fraction of sp³-hybridized carbons (Fsp3) is 0.314. The van der Waals surface area contributed by atoms with Gasteiger partial charge in [-0.05, 0) is 49.9 Å². The highest BCUT2D eigenvalue weighted by molar-refractivity contribution is 5.96. The molecular formula is C35H37N9O6. The Balaban J connectivity index is 1.40. The SMILES string of the molecule is Cc1oc2nc1C(=O)N[C@@H](c1ccccc1)CN(C(=O)c1cc(-c3ccccn3)n[nH]1)CC(=O)N[C@H](CC(C)C)c1nc(co1)C(=O)N[C@H]2C. The van der Waals surface area contributed by atoms with E-state index in [1.807, 2.05) is 50.2 Å². The van der Waals surface area contributed by atoms with Crippen molar-refractivity contribution in [2.24, 2.45) is 5.92 Å². The third kappa shape index (κ3) is 7.61. The van der Waals surface area contributed by atoms with E-state index in [-0.39, 0.29) is 47.1 Å². The Labute approximate surface area is 287 Å². The third-order valence-electron chi connectivity index (χ3n) is 8.11. The first kappa shape index (κ1) is 33.8. The molecule has 4 aromatic heterocycles. The van der Waals surface area contributed by atoms with E-state index in [0.29, 0.717) is 23.4 Å². The average Bonchev–Trinajstić information content (AvgIpc) is 3.88. The highest BCUT2D eigenvalue weighted by Crippen LogP contribution is 2.24. The summed E-state index contributed by atoms with van der Waals surface area (Å²) in [7, 11) is 0. The molecule has 50 heavy (non-hydrogen) atoms. The molecule has 1 aliphatic heterocycles. The van der Waals surface area contributed by atoms with Gasteiger partial charge < -0.3 is 29.7 Å². The topological polar surface area (TPSA) is 201 Å². The van der Waals surface area contributed by atoms with Crippen LogP contribution in [0, 0.1) is 12.8 Å². The number of H-pyrrole nitrogens is 1. The summed E-state index contributed by atoms with van der Waals surface area (Å²) in [6, 6.07) is 13.8. The molecule has 4 N–H and O–H groups in total. The number of carbonyl (C=O) groups excluding carboxylic acids is 4. The summed E-state index contributed by atoms with van der Waals surface area (Å²) in [5, 5.41) is 15.7. The number of aryl methyl sites for hydroxylation is 1. The second kappa shape index (κ2) is 14.6. The monoisotopic (exact) mass is 679 g/mol. The van der Waals surface area contributed by atoms with Gasteiger partial charge in [-0.25, -0.2) is 9.97 Å². The van der Waals surface area contributed by atoms with Crippen LogP contribution in [0.25, 0.3) is 11.4 Å². The molecule has 258 valence electrons. The predicted octanol–water partition coefficient (Wildman–Crippen LogP) is 4.08. The molecule has 1 aromatic carbocycles. The fourth-order valence-corrected chi connectivity index (χ4v) is 5.64. The van der Waals surface area contributed by atoms with Gasteiger partial charge in [0.05, 0.1) is 18.3 Å². The van der Waals surface area contributed by atoms with Crippen molar-refractivity contribution in [3.8, 4) is 11.4 Å². The summed E-state index contributed by atoms with van der Waals surface area (Å²) in [6.07, 6.45) is 3.27. The van der Waals surface area contributed by atoms with Gasteiger partial charge in [0.1, 0.15) is 35.5 Å². The number of amides is 4. The Morgan fingerprint density at radius 1 is 0.940 bits per heavy atom. The molecule has 4 bridgehead atoms. The number of hydrogen-bond acceptors (Lipinski definition) is 10. The van der Waals surface area contributed by atoms with Crippen LogP contribution in [0.15, 0.2) is 75.9 Å². The minimum absolute atomic E-state index is 0.00702. The van der Waals surface area contributed by atoms with Crippen LogP contribution in [0.4, 0.5) is 0 Å². The smallest absolute Gasteiger partial charge is 0.274 e. The molecule has 0 radical (unpaired) electrons. The number of benzene rings is 1. The van der Waals surface area contributed by atoms with E-state index >= 15 is 0 Å². The van der Waals surface area contributed by atoms with Gasteiger partial charge in [-0.1, -0.05) is 50.2 Å². The average molecular weight is 680 g/mol. The van der Waals surface area contributed by atoms with Gasteiger partial charge in [-0.3, -0.25) is 29.3 Å². The Bertz CT molecular complexity index is 1990. The molecule has 0 saturated carbocycles. The third-order valence-corrected chi connectivity index (χ3v) is 8.11. The van der Waals surface area contributed by atoms with Crippen LogP contribution in [0.1, 0.15) is 99.9 Å². The van der Waals surface area contributed by atoms with E-state index in [0.717, 1.165) is 0 Å². The van der Waals surface area contributed by atoms with Gasteiger partial charge in [-0.15, -0.1) is 0 Å². The molecule has 0 unspecified atom stereocenters. The zero-order chi connectivity index (χ0) is 35.4. The highest BCUT2D eigenvalue weighted by atomic mass is 16.4. The van der Waals surface area contributed by atoms with Crippen molar-refractivity contribution < 1.29 is 28.0 Å². The molecular weight excluding hydrogens is 642 g/mol. The minimum atomic E-state index is -0.782. The highest BCUT2D eigenvalue weighted by Gasteiger charge is 2.31. The van der Waals surface area contributed by atoms with Crippen LogP contribution in [0.3, 0.4) is 0 Å². The van der Waals surface area contributed by atoms with Crippen molar-refractivity contribution in [2.75, 3.05) is 13.1 Å². The molecule has 0 spiro atoms. The standard InChI is InChI=1S/C35H37N9O6/c1-19(2)14-25-34-40-28(18-49-34)31(46)37-20(3)33-41-30(21(4)50-33)32(47)39-27(22-10-6-5-7-11-22)16-44(17-29(45)38-25)35(48)26-15-24(42-43-26)23-12-8-9-13-36-23/h5-13,15,18-20,25,27H,14,16-17H2,1-4H3,(H,37,46)(H,38,45)(H,39,47)(H,42,43)/t20-,25+,27+/m0/s1. The maximum absolute atomic E-state index is 14.2. The molecule has 1 aliphatic rings.